The van der Waals surface area contributed by atoms with Crippen LogP contribution in [0.3, 0.4) is 0 Å². The molecule has 2 rings (SSSR count). The van der Waals surface area contributed by atoms with Gasteiger partial charge in [-0.2, -0.15) is 0 Å². The molecule has 0 bridgehead atoms. The molecule has 0 aliphatic rings. The van der Waals surface area contributed by atoms with Gasteiger partial charge in [0.15, 0.2) is 8.32 Å². The van der Waals surface area contributed by atoms with Crippen molar-refractivity contribution < 1.29 is 4.43 Å². The van der Waals surface area contributed by atoms with E-state index in [1.165, 1.54) is 28.1 Å². The van der Waals surface area contributed by atoms with Crippen LogP contribution in [0.4, 0.5) is 0 Å². The highest BCUT2D eigenvalue weighted by Gasteiger charge is 2.19. The number of aromatic amines is 1. The number of aromatic nitrogens is 1. The van der Waals surface area contributed by atoms with E-state index < -0.39 is 8.32 Å². The Labute approximate surface area is 117 Å². The van der Waals surface area contributed by atoms with Gasteiger partial charge in [-0.3, -0.25) is 0 Å². The highest BCUT2D eigenvalue weighted by Crippen LogP contribution is 2.23. The van der Waals surface area contributed by atoms with Crippen LogP contribution >= 0.6 is 0 Å². The lowest BCUT2D eigenvalue weighted by molar-refractivity contribution is 0.312. The van der Waals surface area contributed by atoms with Gasteiger partial charge in [-0.05, 0) is 43.1 Å². The largest absolute Gasteiger partial charge is 0.417 e. The molecule has 2 nitrogen and oxygen atoms in total. The van der Waals surface area contributed by atoms with Crippen molar-refractivity contribution in [2.24, 2.45) is 0 Å². The molecule has 0 spiro atoms. The number of aryl methyl sites for hydroxylation is 1. The number of fused-ring (bicyclic) bond motifs is 1. The van der Waals surface area contributed by atoms with E-state index in [0.717, 1.165) is 19.4 Å². The highest BCUT2D eigenvalue weighted by atomic mass is 28.4. The van der Waals surface area contributed by atoms with Crippen LogP contribution in [0.5, 0.6) is 0 Å². The van der Waals surface area contributed by atoms with Gasteiger partial charge < -0.3 is 9.41 Å². The fourth-order valence-electron chi connectivity index (χ4n) is 2.32. The topological polar surface area (TPSA) is 25.0 Å². The number of nitrogens with one attached hydrogen (secondary N) is 1. The highest BCUT2D eigenvalue weighted by molar-refractivity contribution is 6.71. The summed E-state index contributed by atoms with van der Waals surface area (Å²) in [6.45, 7) is 9.85. The molecular weight excluding hydrogens is 250 g/mol. The number of para-hydroxylation sites is 1. The van der Waals surface area contributed by atoms with E-state index in [-0.39, 0.29) is 0 Å². The van der Waals surface area contributed by atoms with Gasteiger partial charge in [0, 0.05) is 23.7 Å². The first kappa shape index (κ1) is 14.3. The molecule has 1 heterocycles. The van der Waals surface area contributed by atoms with Crippen molar-refractivity contribution in [3.8, 4) is 0 Å². The summed E-state index contributed by atoms with van der Waals surface area (Å²) in [6, 6.07) is 7.75. The molecule has 19 heavy (non-hydrogen) atoms. The third-order valence-electron chi connectivity index (χ3n) is 3.98. The van der Waals surface area contributed by atoms with Gasteiger partial charge in [0.2, 0.25) is 0 Å². The maximum Gasteiger partial charge on any atom is 0.186 e. The standard InChI is InChI=1S/C16H25NOSi/c1-5-13-8-7-9-15-14(12-17-16(13)15)10-11-18-19(3,4)6-2/h7-9,12,17H,5-6,10-11H2,1-4H3. The summed E-state index contributed by atoms with van der Waals surface area (Å²) in [7, 11) is -1.41. The fourth-order valence-corrected chi connectivity index (χ4v) is 3.17. The van der Waals surface area contributed by atoms with Gasteiger partial charge in [0.25, 0.3) is 0 Å². The van der Waals surface area contributed by atoms with Crippen molar-refractivity contribution in [2.75, 3.05) is 6.61 Å². The Balaban J connectivity index is 2.10. The maximum absolute atomic E-state index is 6.08. The van der Waals surface area contributed by atoms with Crippen LogP contribution in [-0.4, -0.2) is 19.9 Å². The van der Waals surface area contributed by atoms with E-state index >= 15 is 0 Å². The second-order valence-electron chi connectivity index (χ2n) is 5.72. The number of hydrogen-bond acceptors (Lipinski definition) is 1. The third-order valence-corrected chi connectivity index (χ3v) is 6.67. The van der Waals surface area contributed by atoms with Gasteiger partial charge in [-0.15, -0.1) is 0 Å². The lowest BCUT2D eigenvalue weighted by atomic mass is 10.1. The quantitative estimate of drug-likeness (QED) is 0.771. The first-order valence-corrected chi connectivity index (χ1v) is 10.4. The summed E-state index contributed by atoms with van der Waals surface area (Å²) in [5.74, 6) is 0. The van der Waals surface area contributed by atoms with Gasteiger partial charge >= 0.3 is 0 Å². The summed E-state index contributed by atoms with van der Waals surface area (Å²) in [4.78, 5) is 3.43. The Hall–Kier alpha value is -1.06. The molecule has 0 amide bonds. The van der Waals surface area contributed by atoms with E-state index in [4.69, 9.17) is 4.43 Å². The first-order chi connectivity index (χ1) is 9.07. The van der Waals surface area contributed by atoms with Crippen molar-refractivity contribution in [3.05, 3.63) is 35.5 Å². The second kappa shape index (κ2) is 5.93. The summed E-state index contributed by atoms with van der Waals surface area (Å²) < 4.78 is 6.08. The van der Waals surface area contributed by atoms with Crippen LogP contribution in [0.15, 0.2) is 24.4 Å². The number of rotatable bonds is 6. The maximum atomic E-state index is 6.08. The molecular formula is C16H25NOSi. The predicted molar refractivity (Wildman–Crippen MR) is 85.3 cm³/mol. The van der Waals surface area contributed by atoms with E-state index in [9.17, 15) is 0 Å². The Morgan fingerprint density at radius 3 is 2.63 bits per heavy atom. The number of H-pyrrole nitrogens is 1. The molecule has 0 radical (unpaired) electrons. The van der Waals surface area contributed by atoms with E-state index in [1.54, 1.807) is 0 Å². The summed E-state index contributed by atoms with van der Waals surface area (Å²) in [5, 5.41) is 1.36. The zero-order valence-corrected chi connectivity index (χ0v) is 13.5. The van der Waals surface area contributed by atoms with Crippen LogP contribution in [0.1, 0.15) is 25.0 Å². The normalized spacial score (nSPS) is 12.2. The minimum atomic E-state index is -1.41. The summed E-state index contributed by atoms with van der Waals surface area (Å²) in [6.07, 6.45) is 4.22. The molecule has 0 unspecified atom stereocenters. The lowest BCUT2D eigenvalue weighted by Gasteiger charge is -2.20. The molecule has 2 aromatic rings. The van der Waals surface area contributed by atoms with Crippen molar-refractivity contribution in [1.29, 1.82) is 0 Å². The van der Waals surface area contributed by atoms with Gasteiger partial charge in [-0.25, -0.2) is 0 Å². The minimum absolute atomic E-state index is 0.844. The SMILES string of the molecule is CCc1cccc2c(CCO[Si](C)(C)CC)c[nH]c12. The molecule has 1 N–H and O–H groups in total. The molecule has 0 fully saturated rings. The minimum Gasteiger partial charge on any atom is -0.417 e. The average Bonchev–Trinajstić information content (AvgIpc) is 2.82. The zero-order valence-electron chi connectivity index (χ0n) is 12.5. The van der Waals surface area contributed by atoms with Gasteiger partial charge in [-0.1, -0.05) is 32.0 Å². The van der Waals surface area contributed by atoms with E-state index in [0.29, 0.717) is 0 Å². The Morgan fingerprint density at radius 2 is 1.95 bits per heavy atom. The smallest absolute Gasteiger partial charge is 0.186 e. The monoisotopic (exact) mass is 275 g/mol. The zero-order chi connectivity index (χ0) is 13.9. The molecule has 104 valence electrons. The van der Waals surface area contributed by atoms with Crippen LogP contribution < -0.4 is 0 Å². The Bertz CT molecular complexity index is 545. The van der Waals surface area contributed by atoms with Gasteiger partial charge in [0.05, 0.1) is 0 Å². The van der Waals surface area contributed by atoms with Crippen LogP contribution in [0, 0.1) is 0 Å². The molecule has 0 aliphatic heterocycles. The van der Waals surface area contributed by atoms with Crippen LogP contribution in [0.25, 0.3) is 10.9 Å². The molecule has 3 heteroatoms. The van der Waals surface area contributed by atoms with Gasteiger partial charge in [0.1, 0.15) is 0 Å². The first-order valence-electron chi connectivity index (χ1n) is 7.29. The summed E-state index contributed by atoms with van der Waals surface area (Å²) >= 11 is 0. The van der Waals surface area contributed by atoms with Crippen molar-refractivity contribution in [3.63, 3.8) is 0 Å². The molecule has 0 aliphatic carbocycles. The van der Waals surface area contributed by atoms with Crippen molar-refractivity contribution in [1.82, 2.24) is 4.98 Å². The predicted octanol–water partition coefficient (Wildman–Crippen LogP) is 4.51. The van der Waals surface area contributed by atoms with E-state index in [1.807, 2.05) is 0 Å². The Morgan fingerprint density at radius 1 is 1.16 bits per heavy atom. The molecule has 0 saturated heterocycles. The van der Waals surface area contributed by atoms with Crippen molar-refractivity contribution >= 4 is 19.2 Å². The second-order valence-corrected chi connectivity index (χ2v) is 10.2. The molecule has 1 aromatic carbocycles. The van der Waals surface area contributed by atoms with Crippen LogP contribution in [0.2, 0.25) is 19.1 Å². The van der Waals surface area contributed by atoms with Crippen molar-refractivity contribution in [2.45, 2.75) is 45.8 Å². The molecule has 0 saturated carbocycles. The lowest BCUT2D eigenvalue weighted by Crippen LogP contribution is -2.29. The van der Waals surface area contributed by atoms with Crippen LogP contribution in [-0.2, 0) is 17.3 Å². The average molecular weight is 275 g/mol. The van der Waals surface area contributed by atoms with E-state index in [2.05, 4.69) is 56.3 Å². The molecule has 1 aromatic heterocycles. The Kier molecular flexibility index (Phi) is 4.48. The fraction of sp³-hybridized carbons (Fsp3) is 0.500. The third kappa shape index (κ3) is 3.28. The summed E-state index contributed by atoms with van der Waals surface area (Å²) in [5.41, 5.74) is 4.08. The molecule has 0 atom stereocenters. The number of hydrogen-bond donors (Lipinski definition) is 1. The number of benzene rings is 1.